The van der Waals surface area contributed by atoms with Crippen LogP contribution in [0.5, 0.6) is 0 Å². The maximum atomic E-state index is 5.48. The molecule has 86 valence electrons. The SMILES string of the molecule is CCCNc1nnc(COCC(C)C)s1. The molecule has 0 saturated carbocycles. The molecule has 0 amide bonds. The second-order valence-corrected chi connectivity index (χ2v) is 4.90. The molecule has 0 saturated heterocycles. The van der Waals surface area contributed by atoms with Crippen LogP contribution in [0.3, 0.4) is 0 Å². The summed E-state index contributed by atoms with van der Waals surface area (Å²) in [7, 11) is 0. The van der Waals surface area contributed by atoms with E-state index in [0.29, 0.717) is 12.5 Å². The van der Waals surface area contributed by atoms with Crippen molar-refractivity contribution in [2.45, 2.75) is 33.8 Å². The molecule has 0 aliphatic heterocycles. The first-order valence-corrected chi connectivity index (χ1v) is 6.18. The molecule has 0 aliphatic carbocycles. The summed E-state index contributed by atoms with van der Waals surface area (Å²) in [6.45, 7) is 8.69. The van der Waals surface area contributed by atoms with E-state index in [4.69, 9.17) is 4.74 Å². The Balaban J connectivity index is 2.26. The largest absolute Gasteiger partial charge is 0.374 e. The van der Waals surface area contributed by atoms with E-state index in [-0.39, 0.29) is 0 Å². The van der Waals surface area contributed by atoms with E-state index in [9.17, 15) is 0 Å². The molecule has 4 nitrogen and oxygen atoms in total. The minimum absolute atomic E-state index is 0.565. The second-order valence-electron chi connectivity index (χ2n) is 3.84. The minimum atomic E-state index is 0.565. The topological polar surface area (TPSA) is 47.0 Å². The molecule has 0 atom stereocenters. The van der Waals surface area contributed by atoms with Crippen LogP contribution in [0, 0.1) is 5.92 Å². The molecule has 0 unspecified atom stereocenters. The Morgan fingerprint density at radius 2 is 2.20 bits per heavy atom. The highest BCUT2D eigenvalue weighted by molar-refractivity contribution is 7.15. The molecule has 0 aliphatic rings. The van der Waals surface area contributed by atoms with Crippen molar-refractivity contribution in [3.8, 4) is 0 Å². The Morgan fingerprint density at radius 3 is 2.87 bits per heavy atom. The van der Waals surface area contributed by atoms with Crippen molar-refractivity contribution in [1.82, 2.24) is 10.2 Å². The third-order valence-electron chi connectivity index (χ3n) is 1.67. The summed E-state index contributed by atoms with van der Waals surface area (Å²) >= 11 is 1.57. The Morgan fingerprint density at radius 1 is 1.40 bits per heavy atom. The third-order valence-corrected chi connectivity index (χ3v) is 2.52. The van der Waals surface area contributed by atoms with Gasteiger partial charge in [0, 0.05) is 13.2 Å². The monoisotopic (exact) mass is 229 g/mol. The van der Waals surface area contributed by atoms with Crippen LogP contribution in [0.1, 0.15) is 32.2 Å². The molecule has 15 heavy (non-hydrogen) atoms. The highest BCUT2D eigenvalue weighted by atomic mass is 32.1. The van der Waals surface area contributed by atoms with Gasteiger partial charge >= 0.3 is 0 Å². The zero-order valence-electron chi connectivity index (χ0n) is 9.62. The van der Waals surface area contributed by atoms with Gasteiger partial charge in [-0.1, -0.05) is 32.1 Å². The lowest BCUT2D eigenvalue weighted by atomic mass is 10.2. The zero-order chi connectivity index (χ0) is 11.1. The molecule has 0 spiro atoms. The van der Waals surface area contributed by atoms with Gasteiger partial charge in [-0.25, -0.2) is 0 Å². The first-order valence-electron chi connectivity index (χ1n) is 5.36. The van der Waals surface area contributed by atoms with Gasteiger partial charge in [0.2, 0.25) is 5.13 Å². The molecule has 1 heterocycles. The van der Waals surface area contributed by atoms with Crippen LogP contribution in [-0.4, -0.2) is 23.3 Å². The molecule has 0 fully saturated rings. The fourth-order valence-electron chi connectivity index (χ4n) is 0.997. The molecule has 5 heteroatoms. The second kappa shape index (κ2) is 6.74. The number of hydrogen-bond acceptors (Lipinski definition) is 5. The number of nitrogens with zero attached hydrogens (tertiary/aromatic N) is 2. The lowest BCUT2D eigenvalue weighted by Crippen LogP contribution is -2.01. The van der Waals surface area contributed by atoms with Gasteiger partial charge in [-0.15, -0.1) is 10.2 Å². The lowest BCUT2D eigenvalue weighted by molar-refractivity contribution is 0.0965. The Bertz CT molecular complexity index is 275. The highest BCUT2D eigenvalue weighted by Crippen LogP contribution is 2.15. The number of nitrogens with one attached hydrogen (secondary N) is 1. The van der Waals surface area contributed by atoms with E-state index in [1.807, 2.05) is 0 Å². The van der Waals surface area contributed by atoms with Crippen molar-refractivity contribution in [3.63, 3.8) is 0 Å². The van der Waals surface area contributed by atoms with Crippen molar-refractivity contribution in [1.29, 1.82) is 0 Å². The van der Waals surface area contributed by atoms with E-state index in [0.717, 1.165) is 29.7 Å². The van der Waals surface area contributed by atoms with Crippen molar-refractivity contribution in [2.75, 3.05) is 18.5 Å². The van der Waals surface area contributed by atoms with Gasteiger partial charge in [-0.3, -0.25) is 0 Å². The van der Waals surface area contributed by atoms with Crippen LogP contribution < -0.4 is 5.32 Å². The molecular formula is C10H19N3OS. The standard InChI is InChI=1S/C10H19N3OS/c1-4-5-11-10-13-12-9(15-10)7-14-6-8(2)3/h8H,4-7H2,1-3H3,(H,11,13). The van der Waals surface area contributed by atoms with Crippen molar-refractivity contribution in [3.05, 3.63) is 5.01 Å². The van der Waals surface area contributed by atoms with Gasteiger partial charge < -0.3 is 10.1 Å². The smallest absolute Gasteiger partial charge is 0.205 e. The first-order chi connectivity index (χ1) is 7.22. The van der Waals surface area contributed by atoms with E-state index in [1.165, 1.54) is 0 Å². The van der Waals surface area contributed by atoms with Gasteiger partial charge in [0.1, 0.15) is 11.6 Å². The summed E-state index contributed by atoms with van der Waals surface area (Å²) < 4.78 is 5.48. The zero-order valence-corrected chi connectivity index (χ0v) is 10.4. The number of hydrogen-bond donors (Lipinski definition) is 1. The predicted octanol–water partition coefficient (Wildman–Crippen LogP) is 2.53. The van der Waals surface area contributed by atoms with Gasteiger partial charge in [-0.2, -0.15) is 0 Å². The third kappa shape index (κ3) is 5.09. The van der Waals surface area contributed by atoms with Crippen LogP contribution in [0.15, 0.2) is 0 Å². The molecular weight excluding hydrogens is 210 g/mol. The van der Waals surface area contributed by atoms with E-state index >= 15 is 0 Å². The molecule has 0 radical (unpaired) electrons. The number of aromatic nitrogens is 2. The summed E-state index contributed by atoms with van der Waals surface area (Å²) in [6, 6.07) is 0. The van der Waals surface area contributed by atoms with Gasteiger partial charge in [0.15, 0.2) is 0 Å². The predicted molar refractivity (Wildman–Crippen MR) is 63.2 cm³/mol. The quantitative estimate of drug-likeness (QED) is 0.780. The Hall–Kier alpha value is -0.680. The van der Waals surface area contributed by atoms with Crippen molar-refractivity contribution in [2.24, 2.45) is 5.92 Å². The molecule has 0 aromatic carbocycles. The Labute approximate surface area is 95.1 Å². The molecule has 1 aromatic heterocycles. The average Bonchev–Trinajstić information content (AvgIpc) is 2.62. The molecule has 1 aromatic rings. The number of anilines is 1. The minimum Gasteiger partial charge on any atom is -0.374 e. The van der Waals surface area contributed by atoms with Gasteiger partial charge in [0.25, 0.3) is 0 Å². The van der Waals surface area contributed by atoms with Gasteiger partial charge in [-0.05, 0) is 12.3 Å². The van der Waals surface area contributed by atoms with E-state index in [2.05, 4.69) is 36.3 Å². The van der Waals surface area contributed by atoms with E-state index in [1.54, 1.807) is 11.3 Å². The maximum Gasteiger partial charge on any atom is 0.205 e. The fraction of sp³-hybridized carbons (Fsp3) is 0.800. The summed E-state index contributed by atoms with van der Waals surface area (Å²) in [4.78, 5) is 0. The lowest BCUT2D eigenvalue weighted by Gasteiger charge is -2.03. The summed E-state index contributed by atoms with van der Waals surface area (Å²) in [5, 5.41) is 13.1. The van der Waals surface area contributed by atoms with Crippen LogP contribution >= 0.6 is 11.3 Å². The Kier molecular flexibility index (Phi) is 5.57. The van der Waals surface area contributed by atoms with Crippen molar-refractivity contribution >= 4 is 16.5 Å². The van der Waals surface area contributed by atoms with Crippen LogP contribution in [0.25, 0.3) is 0 Å². The fourth-order valence-corrected chi connectivity index (χ4v) is 1.70. The summed E-state index contributed by atoms with van der Waals surface area (Å²) in [5.74, 6) is 0.565. The first kappa shape index (κ1) is 12.4. The van der Waals surface area contributed by atoms with Crippen LogP contribution in [-0.2, 0) is 11.3 Å². The number of ether oxygens (including phenoxy) is 1. The van der Waals surface area contributed by atoms with Crippen LogP contribution in [0.2, 0.25) is 0 Å². The average molecular weight is 229 g/mol. The normalized spacial score (nSPS) is 10.9. The molecule has 0 bridgehead atoms. The maximum absolute atomic E-state index is 5.48. The van der Waals surface area contributed by atoms with Gasteiger partial charge in [0.05, 0.1) is 0 Å². The van der Waals surface area contributed by atoms with Crippen molar-refractivity contribution < 1.29 is 4.74 Å². The number of rotatable bonds is 7. The molecule has 1 N–H and O–H groups in total. The molecule has 1 rings (SSSR count). The summed E-state index contributed by atoms with van der Waals surface area (Å²) in [6.07, 6.45) is 1.10. The van der Waals surface area contributed by atoms with E-state index < -0.39 is 0 Å². The van der Waals surface area contributed by atoms with Crippen LogP contribution in [0.4, 0.5) is 5.13 Å². The highest BCUT2D eigenvalue weighted by Gasteiger charge is 2.03. The summed E-state index contributed by atoms with van der Waals surface area (Å²) in [5.41, 5.74) is 0.